The fraction of sp³-hybridized carbons (Fsp3) is 0.667. The number of aliphatic hydroxyl groups excluding tert-OH is 1. The lowest BCUT2D eigenvalue weighted by atomic mass is 10.3. The van der Waals surface area contributed by atoms with E-state index in [0.29, 0.717) is 0 Å². The summed E-state index contributed by atoms with van der Waals surface area (Å²) >= 11 is 1.24. The van der Waals surface area contributed by atoms with Crippen LogP contribution < -0.4 is 0 Å². The lowest BCUT2D eigenvalue weighted by molar-refractivity contribution is 0.454. The van der Waals surface area contributed by atoms with E-state index < -0.39 is 0 Å². The topological polar surface area (TPSA) is 48.4 Å². The molecule has 0 rings (SSSR count). The molecule has 0 spiro atoms. The Balaban J connectivity index is 3.95. The number of hydrogen-bond acceptors (Lipinski definition) is 3. The molecule has 0 unspecified atom stereocenters. The number of hydrogen-bond donors (Lipinski definition) is 1. The Kier molecular flexibility index (Phi) is 3.23. The van der Waals surface area contributed by atoms with Crippen molar-refractivity contribution in [3.05, 3.63) is 16.3 Å². The van der Waals surface area contributed by atoms with Crippen molar-refractivity contribution in [3.63, 3.8) is 0 Å². The molecule has 0 aromatic heterocycles. The molecular weight excluding hydrogens is 148 g/mol. The molecule has 0 fully saturated rings. The Hall–Kier alpha value is -0.690. The monoisotopic (exact) mass is 159 g/mol. The van der Waals surface area contributed by atoms with Gasteiger partial charge in [-0.3, -0.25) is 0 Å². The minimum atomic E-state index is -0.0503. The SMILES string of the molecule is CC(C)(C)S/C(O)=C/[N+]#N. The molecule has 0 aromatic carbocycles. The predicted molar refractivity (Wildman–Crippen MR) is 43.1 cm³/mol. The third-order valence-corrected chi connectivity index (χ3v) is 1.51. The van der Waals surface area contributed by atoms with Crippen molar-refractivity contribution in [2.45, 2.75) is 25.5 Å². The minimum Gasteiger partial charge on any atom is -0.497 e. The van der Waals surface area contributed by atoms with E-state index in [1.807, 2.05) is 20.8 Å². The first-order chi connectivity index (χ1) is 4.45. The van der Waals surface area contributed by atoms with Gasteiger partial charge in [0.15, 0.2) is 4.98 Å². The number of rotatable bonds is 1. The van der Waals surface area contributed by atoms with Crippen molar-refractivity contribution in [3.8, 4) is 0 Å². The Morgan fingerprint density at radius 2 is 2.10 bits per heavy atom. The molecule has 0 amide bonds. The highest BCUT2D eigenvalue weighted by Crippen LogP contribution is 2.28. The van der Waals surface area contributed by atoms with Crippen LogP contribution in [0, 0.1) is 5.39 Å². The molecule has 0 aromatic rings. The maximum atomic E-state index is 8.96. The summed E-state index contributed by atoms with van der Waals surface area (Å²) in [6.45, 7) is 5.87. The van der Waals surface area contributed by atoms with Gasteiger partial charge in [-0.15, -0.1) is 0 Å². The normalized spacial score (nSPS) is 12.8. The zero-order chi connectivity index (χ0) is 8.20. The van der Waals surface area contributed by atoms with Crippen molar-refractivity contribution >= 4 is 11.8 Å². The number of nitrogens with zero attached hydrogens (tertiary/aromatic N) is 2. The molecule has 0 heterocycles. The fourth-order valence-corrected chi connectivity index (χ4v) is 1.12. The summed E-state index contributed by atoms with van der Waals surface area (Å²) < 4.78 is -0.0503. The first-order valence-corrected chi connectivity index (χ1v) is 3.70. The van der Waals surface area contributed by atoms with Gasteiger partial charge in [0.1, 0.15) is 0 Å². The van der Waals surface area contributed by atoms with Crippen LogP contribution in [0.3, 0.4) is 0 Å². The van der Waals surface area contributed by atoms with Gasteiger partial charge in [0.05, 0.1) is 0 Å². The summed E-state index contributed by atoms with van der Waals surface area (Å²) in [5.41, 5.74) is 0. The third kappa shape index (κ3) is 5.45. The quantitative estimate of drug-likeness (QED) is 0.472. The second kappa shape index (κ2) is 3.47. The van der Waals surface area contributed by atoms with Crippen LogP contribution in [-0.4, -0.2) is 9.85 Å². The van der Waals surface area contributed by atoms with Gasteiger partial charge in [0, 0.05) is 4.75 Å². The van der Waals surface area contributed by atoms with Crippen molar-refractivity contribution in [2.24, 2.45) is 0 Å². The first-order valence-electron chi connectivity index (χ1n) is 2.88. The zero-order valence-corrected chi connectivity index (χ0v) is 7.14. The molecule has 0 bridgehead atoms. The first kappa shape index (κ1) is 9.31. The van der Waals surface area contributed by atoms with E-state index in [4.69, 9.17) is 10.5 Å². The van der Waals surface area contributed by atoms with Crippen LogP contribution >= 0.6 is 11.8 Å². The fourth-order valence-electron chi connectivity index (χ4n) is 0.389. The molecule has 0 aliphatic rings. The van der Waals surface area contributed by atoms with E-state index in [9.17, 15) is 0 Å². The Labute approximate surface area is 64.8 Å². The molecule has 0 radical (unpaired) electrons. The van der Waals surface area contributed by atoms with E-state index in [1.54, 1.807) is 0 Å². The number of diazo groups is 1. The summed E-state index contributed by atoms with van der Waals surface area (Å²) in [4.78, 5) is 2.69. The number of thioether (sulfide) groups is 1. The smallest absolute Gasteiger partial charge is 0.398 e. The highest BCUT2D eigenvalue weighted by atomic mass is 32.2. The molecule has 4 heteroatoms. The van der Waals surface area contributed by atoms with Crippen LogP contribution in [0.2, 0.25) is 0 Å². The van der Waals surface area contributed by atoms with Gasteiger partial charge >= 0.3 is 6.20 Å². The second-order valence-corrected chi connectivity index (χ2v) is 4.64. The van der Waals surface area contributed by atoms with Crippen LogP contribution in [0.15, 0.2) is 11.3 Å². The molecule has 0 saturated carbocycles. The molecule has 3 nitrogen and oxygen atoms in total. The molecule has 56 valence electrons. The lowest BCUT2D eigenvalue weighted by Gasteiger charge is -2.13. The lowest BCUT2D eigenvalue weighted by Crippen LogP contribution is -2.06. The summed E-state index contributed by atoms with van der Waals surface area (Å²) in [6.07, 6.45) is 1.01. The summed E-state index contributed by atoms with van der Waals surface area (Å²) in [7, 11) is 0. The van der Waals surface area contributed by atoms with Crippen molar-refractivity contribution < 1.29 is 5.11 Å². The van der Waals surface area contributed by atoms with Crippen LogP contribution in [0.4, 0.5) is 0 Å². The van der Waals surface area contributed by atoms with E-state index in [0.717, 1.165) is 6.20 Å². The second-order valence-electron chi connectivity index (χ2n) is 2.80. The average Bonchev–Trinajstić information content (AvgIpc) is 1.59. The summed E-state index contributed by atoms with van der Waals surface area (Å²) in [5.74, 6) is 0. The minimum absolute atomic E-state index is 0.0231. The van der Waals surface area contributed by atoms with Gasteiger partial charge in [-0.05, 0) is 0 Å². The van der Waals surface area contributed by atoms with Gasteiger partial charge < -0.3 is 5.11 Å². The van der Waals surface area contributed by atoms with Gasteiger partial charge in [0.2, 0.25) is 10.5 Å². The van der Waals surface area contributed by atoms with Crippen LogP contribution in [-0.2, 0) is 0 Å². The van der Waals surface area contributed by atoms with E-state index in [-0.39, 0.29) is 9.84 Å². The van der Waals surface area contributed by atoms with Gasteiger partial charge in [-0.2, -0.15) is 0 Å². The molecular formula is C6H11N2OS+. The van der Waals surface area contributed by atoms with Crippen molar-refractivity contribution in [2.75, 3.05) is 0 Å². The Morgan fingerprint density at radius 3 is 2.40 bits per heavy atom. The van der Waals surface area contributed by atoms with Crippen LogP contribution in [0.25, 0.3) is 4.98 Å². The average molecular weight is 159 g/mol. The molecule has 0 saturated heterocycles. The molecule has 0 atom stereocenters. The summed E-state index contributed by atoms with van der Waals surface area (Å²) in [6, 6.07) is 0. The maximum absolute atomic E-state index is 8.96. The van der Waals surface area contributed by atoms with Gasteiger partial charge in [0.25, 0.3) is 0 Å². The van der Waals surface area contributed by atoms with Crippen molar-refractivity contribution in [1.29, 1.82) is 5.39 Å². The standard InChI is InChI=1S/C6H10N2OS/c1-6(2,3)10-5(9)4-8-7/h4H,1-3H3/p+1/b5-4+. The predicted octanol–water partition coefficient (Wildman–Crippen LogP) is 2.73. The molecule has 1 N–H and O–H groups in total. The molecule has 0 aliphatic heterocycles. The highest BCUT2D eigenvalue weighted by Gasteiger charge is 2.15. The third-order valence-electron chi connectivity index (χ3n) is 0.579. The summed E-state index contributed by atoms with van der Waals surface area (Å²) in [5, 5.41) is 17.0. The van der Waals surface area contributed by atoms with E-state index in [1.165, 1.54) is 11.8 Å². The van der Waals surface area contributed by atoms with Crippen LogP contribution in [0.5, 0.6) is 0 Å². The van der Waals surface area contributed by atoms with E-state index in [2.05, 4.69) is 4.98 Å². The zero-order valence-electron chi connectivity index (χ0n) is 6.33. The van der Waals surface area contributed by atoms with Gasteiger partial charge in [-0.25, -0.2) is 0 Å². The molecule has 0 aliphatic carbocycles. The Morgan fingerprint density at radius 1 is 1.60 bits per heavy atom. The number of aliphatic hydroxyl groups is 1. The maximum Gasteiger partial charge on any atom is 0.398 e. The van der Waals surface area contributed by atoms with Gasteiger partial charge in [-0.1, -0.05) is 32.5 Å². The largest absolute Gasteiger partial charge is 0.497 e. The van der Waals surface area contributed by atoms with Crippen molar-refractivity contribution in [1.82, 2.24) is 0 Å². The molecule has 10 heavy (non-hydrogen) atoms. The highest BCUT2D eigenvalue weighted by molar-refractivity contribution is 8.04. The van der Waals surface area contributed by atoms with E-state index >= 15 is 0 Å². The Bertz CT molecular complexity index is 175. The van der Waals surface area contributed by atoms with Crippen LogP contribution in [0.1, 0.15) is 20.8 Å².